The Kier molecular flexibility index (Phi) is 8.14. The fraction of sp³-hybridized carbons (Fsp3) is 0.667. The highest BCUT2D eigenvalue weighted by Crippen LogP contribution is 2.33. The summed E-state index contributed by atoms with van der Waals surface area (Å²) >= 11 is 1.90. The fourth-order valence-electron chi connectivity index (χ4n) is 2.67. The molecule has 140 valence electrons. The van der Waals surface area contributed by atoms with E-state index in [1.54, 1.807) is 0 Å². The monoisotopic (exact) mass is 363 g/mol. The Balaban J connectivity index is 2.09. The maximum Gasteiger partial charge on any atom is 0.216 e. The Bertz CT molecular complexity index is 569. The maximum atomic E-state index is 6.12. The van der Waals surface area contributed by atoms with E-state index in [-0.39, 0.29) is 5.54 Å². The van der Waals surface area contributed by atoms with Crippen molar-refractivity contribution in [1.29, 1.82) is 0 Å². The quantitative estimate of drug-likeness (QED) is 0.352. The molecule has 0 atom stereocenters. The summed E-state index contributed by atoms with van der Waals surface area (Å²) < 4.78 is 11.9. The van der Waals surface area contributed by atoms with E-state index in [1.807, 2.05) is 11.8 Å². The van der Waals surface area contributed by atoms with Crippen LogP contribution >= 0.6 is 11.8 Å². The van der Waals surface area contributed by atoms with Gasteiger partial charge in [-0.05, 0) is 50.6 Å². The van der Waals surface area contributed by atoms with Crippen LogP contribution in [-0.4, -0.2) is 30.4 Å². The van der Waals surface area contributed by atoms with Crippen molar-refractivity contribution >= 4 is 17.7 Å². The lowest BCUT2D eigenvalue weighted by Gasteiger charge is -2.13. The number of benzene rings is 1. The lowest BCUT2D eigenvalue weighted by atomic mass is 10.1. The average molecular weight is 364 g/mol. The summed E-state index contributed by atoms with van der Waals surface area (Å²) in [6.07, 6.45) is 7.32. The van der Waals surface area contributed by atoms with E-state index < -0.39 is 0 Å². The van der Waals surface area contributed by atoms with Gasteiger partial charge in [-0.25, -0.2) is 4.99 Å². The van der Waals surface area contributed by atoms with Gasteiger partial charge >= 0.3 is 0 Å². The number of thioether (sulfide) groups is 1. The first kappa shape index (κ1) is 20.2. The molecule has 0 N–H and O–H groups in total. The molecule has 0 saturated heterocycles. The topological polar surface area (TPSA) is 30.8 Å². The van der Waals surface area contributed by atoms with E-state index in [0.29, 0.717) is 6.61 Å². The molecular weight excluding hydrogens is 330 g/mol. The fourth-order valence-corrected chi connectivity index (χ4v) is 3.67. The highest BCUT2D eigenvalue weighted by molar-refractivity contribution is 7.99. The first-order chi connectivity index (χ1) is 12.1. The van der Waals surface area contributed by atoms with Crippen molar-refractivity contribution < 1.29 is 9.47 Å². The van der Waals surface area contributed by atoms with Crippen molar-refractivity contribution in [2.75, 3.05) is 19.0 Å². The summed E-state index contributed by atoms with van der Waals surface area (Å²) in [6.45, 7) is 10.1. The van der Waals surface area contributed by atoms with Gasteiger partial charge in [-0.2, -0.15) is 0 Å². The molecule has 1 aromatic rings. The minimum atomic E-state index is -0.134. The smallest absolute Gasteiger partial charge is 0.216 e. The van der Waals surface area contributed by atoms with Crippen molar-refractivity contribution in [2.24, 2.45) is 4.99 Å². The van der Waals surface area contributed by atoms with E-state index in [4.69, 9.17) is 9.47 Å². The van der Waals surface area contributed by atoms with Gasteiger partial charge in [-0.15, -0.1) is 11.8 Å². The molecule has 0 amide bonds. The van der Waals surface area contributed by atoms with Crippen LogP contribution in [0.4, 0.5) is 0 Å². The van der Waals surface area contributed by atoms with Gasteiger partial charge in [0.15, 0.2) is 0 Å². The molecule has 1 aliphatic rings. The van der Waals surface area contributed by atoms with Crippen LogP contribution in [0.15, 0.2) is 28.1 Å². The molecule has 0 saturated carbocycles. The van der Waals surface area contributed by atoms with E-state index in [2.05, 4.69) is 50.9 Å². The third kappa shape index (κ3) is 6.58. The summed E-state index contributed by atoms with van der Waals surface area (Å²) in [5, 5.41) is 0. The molecule has 3 nitrogen and oxygen atoms in total. The third-order valence-corrected chi connectivity index (χ3v) is 5.31. The number of hydrogen-bond acceptors (Lipinski definition) is 4. The first-order valence-corrected chi connectivity index (χ1v) is 10.7. The highest BCUT2D eigenvalue weighted by Gasteiger charge is 2.27. The van der Waals surface area contributed by atoms with Gasteiger partial charge in [-0.3, -0.25) is 0 Å². The summed E-state index contributed by atoms with van der Waals surface area (Å²) in [4.78, 5) is 5.92. The molecule has 0 radical (unpaired) electrons. The van der Waals surface area contributed by atoms with Gasteiger partial charge in [0.05, 0.1) is 12.1 Å². The summed E-state index contributed by atoms with van der Waals surface area (Å²) in [7, 11) is 0. The number of rotatable bonds is 11. The molecule has 0 aromatic heterocycles. The third-order valence-electron chi connectivity index (χ3n) is 4.17. The maximum absolute atomic E-state index is 6.12. The van der Waals surface area contributed by atoms with Crippen LogP contribution in [0.5, 0.6) is 5.75 Å². The van der Waals surface area contributed by atoms with Crippen molar-refractivity contribution in [3.8, 4) is 5.75 Å². The van der Waals surface area contributed by atoms with Crippen LogP contribution in [0.2, 0.25) is 0 Å². The number of ether oxygens (including phenoxy) is 2. The van der Waals surface area contributed by atoms with Crippen molar-refractivity contribution in [2.45, 2.75) is 76.7 Å². The second-order valence-corrected chi connectivity index (χ2v) is 8.43. The Morgan fingerprint density at radius 2 is 1.88 bits per heavy atom. The van der Waals surface area contributed by atoms with Crippen LogP contribution in [0, 0.1) is 0 Å². The predicted octanol–water partition coefficient (Wildman–Crippen LogP) is 6.09. The van der Waals surface area contributed by atoms with Gasteiger partial charge in [0.2, 0.25) is 5.90 Å². The number of nitrogens with zero attached hydrogens (tertiary/aromatic N) is 1. The molecule has 1 aliphatic heterocycles. The van der Waals surface area contributed by atoms with E-state index in [1.165, 1.54) is 37.0 Å². The van der Waals surface area contributed by atoms with E-state index >= 15 is 0 Å². The molecule has 2 rings (SSSR count). The molecule has 0 spiro atoms. The molecule has 25 heavy (non-hydrogen) atoms. The van der Waals surface area contributed by atoms with Gasteiger partial charge in [0, 0.05) is 10.5 Å². The van der Waals surface area contributed by atoms with Crippen molar-refractivity contribution in [3.63, 3.8) is 0 Å². The lowest BCUT2D eigenvalue weighted by Crippen LogP contribution is -2.17. The van der Waals surface area contributed by atoms with Crippen molar-refractivity contribution in [1.82, 2.24) is 0 Å². The van der Waals surface area contributed by atoms with Gasteiger partial charge in [0.1, 0.15) is 12.4 Å². The summed E-state index contributed by atoms with van der Waals surface area (Å²) in [5.41, 5.74) is 0.888. The van der Waals surface area contributed by atoms with Gasteiger partial charge in [0.25, 0.3) is 0 Å². The Morgan fingerprint density at radius 3 is 2.56 bits per heavy atom. The second-order valence-electron chi connectivity index (χ2n) is 7.29. The zero-order chi connectivity index (χ0) is 18.1. The van der Waals surface area contributed by atoms with Gasteiger partial charge in [-0.1, -0.05) is 39.5 Å². The molecule has 4 heteroatoms. The SMILES string of the molecule is CCCCCOc1cc(C2=NC(C)(C)CO2)ccc1SCCCCC. The zero-order valence-corrected chi connectivity index (χ0v) is 17.1. The molecule has 0 aliphatic carbocycles. The summed E-state index contributed by atoms with van der Waals surface area (Å²) in [5.74, 6) is 2.86. The summed E-state index contributed by atoms with van der Waals surface area (Å²) in [6, 6.07) is 6.38. The largest absolute Gasteiger partial charge is 0.492 e. The second kappa shape index (κ2) is 10.1. The number of hydrogen-bond donors (Lipinski definition) is 0. The minimum absolute atomic E-state index is 0.134. The zero-order valence-electron chi connectivity index (χ0n) is 16.3. The first-order valence-electron chi connectivity index (χ1n) is 9.68. The van der Waals surface area contributed by atoms with Crippen LogP contribution in [0.1, 0.15) is 71.8 Å². The molecule has 0 unspecified atom stereocenters. The molecule has 0 bridgehead atoms. The van der Waals surface area contributed by atoms with Crippen LogP contribution in [-0.2, 0) is 4.74 Å². The van der Waals surface area contributed by atoms with Gasteiger partial charge < -0.3 is 9.47 Å². The Labute approximate surface area is 157 Å². The van der Waals surface area contributed by atoms with Crippen LogP contribution in [0.25, 0.3) is 0 Å². The van der Waals surface area contributed by atoms with Crippen LogP contribution < -0.4 is 4.74 Å². The Hall–Kier alpha value is -1.16. The predicted molar refractivity (Wildman–Crippen MR) is 108 cm³/mol. The number of unbranched alkanes of at least 4 members (excludes halogenated alkanes) is 4. The van der Waals surface area contributed by atoms with Crippen molar-refractivity contribution in [3.05, 3.63) is 23.8 Å². The lowest BCUT2D eigenvalue weighted by molar-refractivity contribution is 0.279. The average Bonchev–Trinajstić information content (AvgIpc) is 2.96. The molecule has 1 aromatic carbocycles. The molecular formula is C21H33NO2S. The molecule has 1 heterocycles. The Morgan fingerprint density at radius 1 is 1.12 bits per heavy atom. The van der Waals surface area contributed by atoms with E-state index in [9.17, 15) is 0 Å². The minimum Gasteiger partial charge on any atom is -0.492 e. The number of aliphatic imine (C=N–C) groups is 1. The standard InChI is InChI=1S/C21H33NO2S/c1-5-7-9-13-23-18-15-17(20-22-21(3,4)16-24-20)11-12-19(18)25-14-10-8-6-2/h11-12,15H,5-10,13-14,16H2,1-4H3. The highest BCUT2D eigenvalue weighted by atomic mass is 32.2. The molecule has 0 fully saturated rings. The van der Waals surface area contributed by atoms with E-state index in [0.717, 1.165) is 36.0 Å². The normalized spacial score (nSPS) is 15.8. The van der Waals surface area contributed by atoms with Crippen LogP contribution in [0.3, 0.4) is 0 Å².